The molecule has 2 aromatic heterocycles. The molecule has 0 spiro atoms. The molecule has 1 aliphatic rings. The molecule has 0 saturated heterocycles. The van der Waals surface area contributed by atoms with Gasteiger partial charge in [-0.3, -0.25) is 4.79 Å². The fourth-order valence-electron chi connectivity index (χ4n) is 3.40. The van der Waals surface area contributed by atoms with Crippen LogP contribution >= 0.6 is 0 Å². The fourth-order valence-corrected chi connectivity index (χ4v) is 3.40. The predicted octanol–water partition coefficient (Wildman–Crippen LogP) is 3.40. The molecule has 0 amide bonds. The molecule has 0 unspecified atom stereocenters. The normalized spacial score (nSPS) is 14.8. The Morgan fingerprint density at radius 3 is 2.71 bits per heavy atom. The Bertz CT molecular complexity index is 1100. The highest BCUT2D eigenvalue weighted by atomic mass is 16.4. The van der Waals surface area contributed by atoms with Gasteiger partial charge in [-0.2, -0.15) is 5.10 Å². The van der Waals surface area contributed by atoms with E-state index in [0.717, 1.165) is 5.69 Å². The maximum Gasteiger partial charge on any atom is 0.337 e. The maximum absolute atomic E-state index is 13.0. The third-order valence-electron chi connectivity index (χ3n) is 4.73. The van der Waals surface area contributed by atoms with E-state index in [9.17, 15) is 14.7 Å². The number of benzene rings is 1. The first-order valence-electron chi connectivity index (χ1n) is 8.88. The quantitative estimate of drug-likeness (QED) is 0.680. The molecular weight excluding hydrogens is 356 g/mol. The highest BCUT2D eigenvalue weighted by molar-refractivity contribution is 6.11. The number of pyridine rings is 1. The van der Waals surface area contributed by atoms with Gasteiger partial charge in [0.2, 0.25) is 0 Å². The monoisotopic (exact) mass is 374 g/mol. The van der Waals surface area contributed by atoms with E-state index in [4.69, 9.17) is 0 Å². The SMILES string of the molecule is Cc1nn(-c2ccccn2)c2c1C(=O)C(=CNc1ccccc1C(=O)O)CC2. The van der Waals surface area contributed by atoms with E-state index in [1.165, 1.54) is 6.07 Å². The summed E-state index contributed by atoms with van der Waals surface area (Å²) in [4.78, 5) is 28.7. The number of ketones is 1. The van der Waals surface area contributed by atoms with Gasteiger partial charge < -0.3 is 10.4 Å². The number of hydrogen-bond donors (Lipinski definition) is 2. The van der Waals surface area contributed by atoms with Gasteiger partial charge in [-0.05, 0) is 44.0 Å². The smallest absolute Gasteiger partial charge is 0.337 e. The largest absolute Gasteiger partial charge is 0.478 e. The second kappa shape index (κ2) is 7.11. The summed E-state index contributed by atoms with van der Waals surface area (Å²) in [5.41, 5.74) is 3.30. The lowest BCUT2D eigenvalue weighted by Gasteiger charge is -2.16. The van der Waals surface area contributed by atoms with Crippen molar-refractivity contribution in [2.75, 3.05) is 5.32 Å². The number of aromatic carboxylic acids is 1. The van der Waals surface area contributed by atoms with E-state index in [-0.39, 0.29) is 11.3 Å². The number of carboxylic acid groups (broad SMARTS) is 1. The van der Waals surface area contributed by atoms with Crippen LogP contribution in [0.4, 0.5) is 5.69 Å². The molecule has 7 nitrogen and oxygen atoms in total. The highest BCUT2D eigenvalue weighted by Gasteiger charge is 2.29. The van der Waals surface area contributed by atoms with Crippen LogP contribution in [-0.4, -0.2) is 31.6 Å². The number of Topliss-reactive ketones (excluding diaryl/α,β-unsaturated/α-hetero) is 1. The van der Waals surface area contributed by atoms with Gasteiger partial charge in [-0.25, -0.2) is 14.5 Å². The number of para-hydroxylation sites is 1. The second-order valence-corrected chi connectivity index (χ2v) is 6.50. The zero-order chi connectivity index (χ0) is 19.7. The van der Waals surface area contributed by atoms with Gasteiger partial charge >= 0.3 is 5.97 Å². The number of allylic oxidation sites excluding steroid dienone is 1. The Kier molecular flexibility index (Phi) is 4.49. The molecule has 0 bridgehead atoms. The van der Waals surface area contributed by atoms with Crippen molar-refractivity contribution in [2.45, 2.75) is 19.8 Å². The summed E-state index contributed by atoms with van der Waals surface area (Å²) in [7, 11) is 0. The molecule has 0 fully saturated rings. The minimum atomic E-state index is -1.02. The molecule has 2 heterocycles. The average molecular weight is 374 g/mol. The predicted molar refractivity (Wildman–Crippen MR) is 104 cm³/mol. The molecule has 0 radical (unpaired) electrons. The van der Waals surface area contributed by atoms with E-state index >= 15 is 0 Å². The van der Waals surface area contributed by atoms with Crippen molar-refractivity contribution in [3.05, 3.63) is 82.9 Å². The molecule has 7 heteroatoms. The molecule has 28 heavy (non-hydrogen) atoms. The summed E-state index contributed by atoms with van der Waals surface area (Å²) in [6.07, 6.45) is 4.47. The Hall–Kier alpha value is -3.74. The lowest BCUT2D eigenvalue weighted by atomic mass is 9.90. The number of carbonyl (C=O) groups excluding carboxylic acids is 1. The van der Waals surface area contributed by atoms with Crippen LogP contribution in [0.15, 0.2) is 60.4 Å². The number of nitrogens with one attached hydrogen (secondary N) is 1. The number of aromatic nitrogens is 3. The minimum absolute atomic E-state index is 0.0961. The van der Waals surface area contributed by atoms with Gasteiger partial charge in [0.25, 0.3) is 0 Å². The van der Waals surface area contributed by atoms with Crippen LogP contribution in [0.25, 0.3) is 5.82 Å². The molecule has 1 aliphatic carbocycles. The third kappa shape index (κ3) is 3.07. The van der Waals surface area contributed by atoms with Crippen molar-refractivity contribution < 1.29 is 14.7 Å². The number of hydrogen-bond acceptors (Lipinski definition) is 5. The number of aryl methyl sites for hydroxylation is 1. The topological polar surface area (TPSA) is 97.1 Å². The zero-order valence-electron chi connectivity index (χ0n) is 15.2. The van der Waals surface area contributed by atoms with Crippen molar-refractivity contribution in [3.63, 3.8) is 0 Å². The van der Waals surface area contributed by atoms with E-state index in [1.807, 2.05) is 25.1 Å². The van der Waals surface area contributed by atoms with Crippen LogP contribution in [0.1, 0.15) is 38.5 Å². The summed E-state index contributed by atoms with van der Waals surface area (Å²) in [5.74, 6) is -0.437. The number of anilines is 1. The van der Waals surface area contributed by atoms with Gasteiger partial charge in [0, 0.05) is 18.0 Å². The minimum Gasteiger partial charge on any atom is -0.478 e. The van der Waals surface area contributed by atoms with E-state index < -0.39 is 5.97 Å². The van der Waals surface area contributed by atoms with Crippen LogP contribution in [0, 0.1) is 6.92 Å². The number of nitrogens with zero attached hydrogens (tertiary/aromatic N) is 3. The van der Waals surface area contributed by atoms with Gasteiger partial charge in [-0.1, -0.05) is 18.2 Å². The summed E-state index contributed by atoms with van der Waals surface area (Å²) in [6.45, 7) is 1.81. The lowest BCUT2D eigenvalue weighted by molar-refractivity contribution is 0.0697. The molecule has 4 rings (SSSR count). The summed E-state index contributed by atoms with van der Waals surface area (Å²) in [5, 5.41) is 16.8. The zero-order valence-corrected chi connectivity index (χ0v) is 15.2. The van der Waals surface area contributed by atoms with Crippen LogP contribution < -0.4 is 5.32 Å². The molecule has 140 valence electrons. The van der Waals surface area contributed by atoms with E-state index in [1.54, 1.807) is 35.3 Å². The van der Waals surface area contributed by atoms with Crippen LogP contribution in [-0.2, 0) is 6.42 Å². The van der Waals surface area contributed by atoms with Crippen molar-refractivity contribution >= 4 is 17.4 Å². The first-order valence-corrected chi connectivity index (χ1v) is 8.88. The molecule has 1 aromatic carbocycles. The van der Waals surface area contributed by atoms with Gasteiger partial charge in [0.15, 0.2) is 11.6 Å². The molecule has 2 N–H and O–H groups in total. The van der Waals surface area contributed by atoms with Crippen molar-refractivity contribution in [3.8, 4) is 5.82 Å². The van der Waals surface area contributed by atoms with Crippen LogP contribution in [0.3, 0.4) is 0 Å². The molecular formula is C21H18N4O3. The Labute approximate surface area is 161 Å². The standard InChI is InChI=1S/C21H18N4O3/c1-13-19-17(25(24-13)18-8-4-5-11-22-18)10-9-14(20(19)26)12-23-16-7-3-2-6-15(16)21(27)28/h2-8,11-12,23H,9-10H2,1H3,(H,27,28). The third-order valence-corrected chi connectivity index (χ3v) is 4.73. The van der Waals surface area contributed by atoms with Gasteiger partial charge in [0.05, 0.1) is 28.2 Å². The number of carboxylic acids is 1. The number of carbonyl (C=O) groups is 2. The Morgan fingerprint density at radius 1 is 1.18 bits per heavy atom. The van der Waals surface area contributed by atoms with Crippen LogP contribution in [0.5, 0.6) is 0 Å². The highest BCUT2D eigenvalue weighted by Crippen LogP contribution is 2.29. The van der Waals surface area contributed by atoms with E-state index in [2.05, 4.69) is 15.4 Å². The average Bonchev–Trinajstić information content (AvgIpc) is 3.05. The maximum atomic E-state index is 13.0. The first-order chi connectivity index (χ1) is 13.6. The van der Waals surface area contributed by atoms with Gasteiger partial charge in [-0.15, -0.1) is 0 Å². The number of fused-ring (bicyclic) bond motifs is 1. The number of rotatable bonds is 4. The van der Waals surface area contributed by atoms with Gasteiger partial charge in [0.1, 0.15) is 0 Å². The van der Waals surface area contributed by atoms with E-state index in [0.29, 0.717) is 41.2 Å². The summed E-state index contributed by atoms with van der Waals surface area (Å²) in [6, 6.07) is 12.2. The summed E-state index contributed by atoms with van der Waals surface area (Å²) < 4.78 is 1.73. The van der Waals surface area contributed by atoms with Crippen molar-refractivity contribution in [1.29, 1.82) is 0 Å². The molecule has 0 saturated carbocycles. The molecule has 0 atom stereocenters. The second-order valence-electron chi connectivity index (χ2n) is 6.50. The Balaban J connectivity index is 1.65. The first kappa shape index (κ1) is 17.7. The fraction of sp³-hybridized carbons (Fsp3) is 0.143. The van der Waals surface area contributed by atoms with Crippen molar-refractivity contribution in [1.82, 2.24) is 14.8 Å². The van der Waals surface area contributed by atoms with Crippen molar-refractivity contribution in [2.24, 2.45) is 0 Å². The lowest BCUT2D eigenvalue weighted by Crippen LogP contribution is -2.17. The summed E-state index contributed by atoms with van der Waals surface area (Å²) >= 11 is 0. The molecule has 3 aromatic rings. The van der Waals surface area contributed by atoms with Crippen LogP contribution in [0.2, 0.25) is 0 Å². The Morgan fingerprint density at radius 2 is 1.96 bits per heavy atom. The molecule has 0 aliphatic heterocycles.